The smallest absolute Gasteiger partial charge is 0.285 e. The fourth-order valence-electron chi connectivity index (χ4n) is 5.30. The van der Waals surface area contributed by atoms with Crippen LogP contribution >= 0.6 is 0 Å². The predicted octanol–water partition coefficient (Wildman–Crippen LogP) is 2.17. The zero-order valence-corrected chi connectivity index (χ0v) is 35.9. The van der Waals surface area contributed by atoms with Crippen molar-refractivity contribution in [2.75, 3.05) is 10.9 Å². The maximum absolute atomic E-state index is 12.9. The van der Waals surface area contributed by atoms with Gasteiger partial charge >= 0.3 is 0 Å². The van der Waals surface area contributed by atoms with E-state index in [1.807, 2.05) is 0 Å². The van der Waals surface area contributed by atoms with Gasteiger partial charge in [0.25, 0.3) is 40.5 Å². The van der Waals surface area contributed by atoms with Crippen LogP contribution in [0.2, 0.25) is 0 Å². The first kappa shape index (κ1) is 46.3. The number of aromatic nitrogens is 2. The third-order valence-corrected chi connectivity index (χ3v) is 11.4. The second-order valence-electron chi connectivity index (χ2n) is 11.4. The van der Waals surface area contributed by atoms with Gasteiger partial charge in [0, 0.05) is 76.1 Å². The second kappa shape index (κ2) is 17.5. The minimum atomic E-state index is -5.01. The molecule has 0 atom stereocenters. The Morgan fingerprint density at radius 2 is 0.914 bits per heavy atom. The van der Waals surface area contributed by atoms with Gasteiger partial charge in [-0.15, -0.1) is 0 Å². The number of carbonyl (C=O) groups excluding carboxylic acids is 2. The maximum Gasteiger partial charge on any atom is 0.295 e. The minimum absolute atomic E-state index is 0. The third-order valence-electron chi connectivity index (χ3n) is 7.77. The number of allylic oxidation sites excluding steroid dienone is 2. The van der Waals surface area contributed by atoms with Crippen LogP contribution in [0.15, 0.2) is 105 Å². The van der Waals surface area contributed by atoms with Crippen molar-refractivity contribution in [2.24, 2.45) is 10.2 Å². The molecular weight excluding hydrogens is 868 g/mol. The maximum atomic E-state index is 12.9. The molecule has 6 rings (SSSR count). The van der Waals surface area contributed by atoms with E-state index in [2.05, 4.69) is 31.0 Å². The first-order valence-corrected chi connectivity index (χ1v) is 20.9. The normalized spacial score (nSPS) is 15.8. The van der Waals surface area contributed by atoms with E-state index in [0.29, 0.717) is 0 Å². The molecule has 0 aliphatic heterocycles. The van der Waals surface area contributed by atoms with E-state index < -0.39 is 83.1 Å². The number of Topliss-reactive ketones (excluding diaryl/α,β-unsaturated/α-hetero) is 2. The van der Waals surface area contributed by atoms with E-state index in [-0.39, 0.29) is 97.6 Å². The van der Waals surface area contributed by atoms with Crippen molar-refractivity contribution >= 4 is 149 Å². The Morgan fingerprint density at radius 1 is 0.552 bits per heavy atom. The topological polar surface area (TPSA) is 326 Å². The van der Waals surface area contributed by atoms with Crippen LogP contribution in [0, 0.1) is 0 Å². The summed E-state index contributed by atoms with van der Waals surface area (Å²) in [5, 5.41) is 7.64. The van der Waals surface area contributed by atoms with Gasteiger partial charge in [-0.1, -0.05) is 24.3 Å². The monoisotopic (exact) mass is 889 g/mol. The summed E-state index contributed by atoms with van der Waals surface area (Å²) < 4.78 is 137. The number of nitrogens with one attached hydrogen (secondary N) is 2. The number of benzene rings is 2. The quantitative estimate of drug-likeness (QED) is 0.0575. The van der Waals surface area contributed by atoms with Crippen LogP contribution in [0.1, 0.15) is 43.2 Å². The molecule has 6 N–H and O–H groups in total. The second-order valence-corrected chi connectivity index (χ2v) is 17.0. The first-order valence-electron chi connectivity index (χ1n) is 15.1. The summed E-state index contributed by atoms with van der Waals surface area (Å²) in [5.41, 5.74) is 1.94. The Hall–Kier alpha value is -4.35. The van der Waals surface area contributed by atoms with Crippen molar-refractivity contribution < 1.29 is 61.5 Å². The average molecular weight is 890 g/mol. The summed E-state index contributed by atoms with van der Waals surface area (Å²) in [5.74, 6) is -1.68. The van der Waals surface area contributed by atoms with Gasteiger partial charge in [0.2, 0.25) is 11.6 Å². The fourth-order valence-corrected chi connectivity index (χ4v) is 8.13. The summed E-state index contributed by atoms with van der Waals surface area (Å²) >= 11 is 0. The largest absolute Gasteiger partial charge is 0.295 e. The number of carbonyl (C=O) groups is 2. The molecule has 0 fully saturated rings. The number of hydrogen-bond donors (Lipinski definition) is 6. The van der Waals surface area contributed by atoms with Gasteiger partial charge < -0.3 is 0 Å². The van der Waals surface area contributed by atoms with Crippen molar-refractivity contribution in [1.82, 2.24) is 9.97 Å². The molecule has 0 bridgehead atoms. The molecule has 0 saturated heterocycles. The zero-order chi connectivity index (χ0) is 40.8. The molecule has 291 valence electrons. The van der Waals surface area contributed by atoms with Crippen molar-refractivity contribution in [2.45, 2.75) is 9.79 Å². The van der Waals surface area contributed by atoms with E-state index in [4.69, 9.17) is 0 Å². The molecule has 0 unspecified atom stereocenters. The molecule has 2 aromatic heterocycles. The summed E-state index contributed by atoms with van der Waals surface area (Å²) in [6.45, 7) is 0. The van der Waals surface area contributed by atoms with E-state index in [9.17, 15) is 61.5 Å². The Bertz CT molecular complexity index is 2820. The average Bonchev–Trinajstić information content (AvgIpc) is 3.12. The van der Waals surface area contributed by atoms with Gasteiger partial charge in [-0.25, -0.2) is 0 Å². The van der Waals surface area contributed by atoms with Crippen LogP contribution < -0.4 is 10.9 Å². The minimum Gasteiger partial charge on any atom is -0.285 e. The molecule has 2 aromatic carbocycles. The van der Waals surface area contributed by atoms with Crippen molar-refractivity contribution in [3.63, 3.8) is 0 Å². The van der Waals surface area contributed by atoms with Crippen molar-refractivity contribution in [3.05, 3.63) is 119 Å². The van der Waals surface area contributed by atoms with E-state index >= 15 is 0 Å². The van der Waals surface area contributed by atoms with Crippen LogP contribution in [-0.2, 0) is 40.5 Å². The number of hydrogen-bond acceptors (Lipinski definition) is 16. The Labute approximate surface area is 367 Å². The molecular formula is C32H22MgN6NaO14S4. The van der Waals surface area contributed by atoms with Gasteiger partial charge in [-0.2, -0.15) is 43.9 Å². The van der Waals surface area contributed by atoms with Gasteiger partial charge in [0.15, 0.2) is 0 Å². The summed E-state index contributed by atoms with van der Waals surface area (Å²) in [4.78, 5) is 30.7. The number of anilines is 2. The van der Waals surface area contributed by atoms with Crippen LogP contribution in [0.4, 0.5) is 11.4 Å². The number of pyridine rings is 2. The number of nitrogens with zero attached hydrogens (tertiary/aromatic N) is 4. The number of fused-ring (bicyclic) bond motifs is 2. The van der Waals surface area contributed by atoms with Crippen LogP contribution in [-0.4, -0.2) is 137 Å². The van der Waals surface area contributed by atoms with Crippen LogP contribution in [0.5, 0.6) is 0 Å². The molecule has 0 amide bonds. The molecule has 4 aromatic rings. The van der Waals surface area contributed by atoms with Gasteiger partial charge in [-0.05, 0) is 71.8 Å². The summed E-state index contributed by atoms with van der Waals surface area (Å²) in [7, 11) is -19.7. The summed E-state index contributed by atoms with van der Waals surface area (Å²) in [6, 6.07) is 11.7. The number of hydrazone groups is 2. The standard InChI is InChI=1S/C32H22N6O14S4.Mg.Na/c39-31-23(15-27(55(47,48)49)21-3-1-11-33-29(21)31)37-35-19-9-7-17(25(13-19)53(41,42)43)5-6-18-8-10-20(14-26(18)54(44,45)46)36-38-24-16-28(56(50,51)52)22-4-2-12-34-30(22)32(24)40;;/h1-16,35-36H,(H,41,42,43)(H,44,45,46)(H,47,48,49)(H,50,51,52);;/b6-5+,37-23+,38-24+;;. The number of ketones is 2. The first-order chi connectivity index (χ1) is 26.1. The molecule has 26 heteroatoms. The summed E-state index contributed by atoms with van der Waals surface area (Å²) in [6.07, 6.45) is 6.11. The Morgan fingerprint density at radius 3 is 1.24 bits per heavy atom. The molecule has 2 heterocycles. The molecule has 2 aliphatic rings. The van der Waals surface area contributed by atoms with E-state index in [1.54, 1.807) is 0 Å². The van der Waals surface area contributed by atoms with Crippen LogP contribution in [0.3, 0.4) is 0 Å². The van der Waals surface area contributed by atoms with Gasteiger partial charge in [0.05, 0.1) is 11.4 Å². The molecule has 3 radical (unpaired) electrons. The van der Waals surface area contributed by atoms with Crippen molar-refractivity contribution in [3.8, 4) is 0 Å². The van der Waals surface area contributed by atoms with Crippen LogP contribution in [0.25, 0.3) is 22.0 Å². The SMILES string of the molecule is O=C1/C(=N/Nc2ccc(/C=C/c3ccc(N/N=C4\C=C(S(=O)(=O)O)c5cccnc5C4=O)cc3S(=O)(=O)O)c(S(=O)(=O)O)c2)C=C(S(=O)(=O)O)c2cccnc21.[Mg].[Na]. The molecule has 58 heavy (non-hydrogen) atoms. The molecule has 2 aliphatic carbocycles. The Kier molecular flexibility index (Phi) is 14.0. The predicted molar refractivity (Wildman–Crippen MR) is 211 cm³/mol. The van der Waals surface area contributed by atoms with Crippen molar-refractivity contribution in [1.29, 1.82) is 0 Å². The third kappa shape index (κ3) is 10.1. The number of rotatable bonds is 10. The molecule has 0 spiro atoms. The molecule has 0 saturated carbocycles. The zero-order valence-electron chi connectivity index (χ0n) is 29.2. The van der Waals surface area contributed by atoms with E-state index in [1.165, 1.54) is 48.8 Å². The Balaban J connectivity index is 0.00000372. The van der Waals surface area contributed by atoms with Gasteiger partial charge in [0.1, 0.15) is 42.4 Å². The molecule has 20 nitrogen and oxygen atoms in total. The fraction of sp³-hybridized carbons (Fsp3) is 0. The van der Waals surface area contributed by atoms with Gasteiger partial charge in [-0.3, -0.25) is 48.6 Å². The van der Waals surface area contributed by atoms with E-state index in [0.717, 1.165) is 48.6 Å².